The smallest absolute Gasteiger partial charge is 0.393 e. The van der Waals surface area contributed by atoms with E-state index in [0.29, 0.717) is 31.1 Å². The van der Waals surface area contributed by atoms with E-state index in [1.807, 2.05) is 0 Å². The monoisotopic (exact) mass is 646 g/mol. The van der Waals surface area contributed by atoms with E-state index in [2.05, 4.69) is 14.9 Å². The van der Waals surface area contributed by atoms with Crippen LogP contribution < -0.4 is 10.6 Å². The van der Waals surface area contributed by atoms with E-state index in [9.17, 15) is 45.0 Å². The minimum atomic E-state index is -6.09. The Hall–Kier alpha value is -2.29. The summed E-state index contributed by atoms with van der Waals surface area (Å²) in [6, 6.07) is 1.79. The number of nitrogens with zero attached hydrogens (tertiary/aromatic N) is 5. The second-order valence-corrected chi connectivity index (χ2v) is 13.8. The average Bonchev–Trinajstić information content (AvgIpc) is 3.34. The zero-order valence-electron chi connectivity index (χ0n) is 21.8. The summed E-state index contributed by atoms with van der Waals surface area (Å²) in [5.74, 6) is -0.230. The summed E-state index contributed by atoms with van der Waals surface area (Å²) >= 11 is 0.892. The fourth-order valence-corrected chi connectivity index (χ4v) is 8.43. The van der Waals surface area contributed by atoms with E-state index >= 15 is 0 Å². The Morgan fingerprint density at radius 1 is 1.02 bits per heavy atom. The second kappa shape index (κ2) is 11.0. The first-order chi connectivity index (χ1) is 19.5. The molecule has 3 saturated heterocycles. The van der Waals surface area contributed by atoms with E-state index < -0.39 is 45.7 Å². The van der Waals surface area contributed by atoms with Gasteiger partial charge in [0.1, 0.15) is 4.21 Å². The molecule has 19 heteroatoms. The van der Waals surface area contributed by atoms with Crippen molar-refractivity contribution < 1.29 is 49.7 Å². The Bertz CT molecular complexity index is 1350. The molecule has 234 valence electrons. The van der Waals surface area contributed by atoms with Gasteiger partial charge >= 0.3 is 12.4 Å². The molecule has 4 N–H and O–H groups in total. The van der Waals surface area contributed by atoms with Gasteiger partial charge in [0.15, 0.2) is 0 Å². The minimum absolute atomic E-state index is 0.0257. The zero-order chi connectivity index (χ0) is 30.7. The van der Waals surface area contributed by atoms with Crippen LogP contribution in [0.25, 0.3) is 0 Å². The molecule has 0 spiro atoms. The molecular formula is C23H28F6N6O5S2. The number of aromatic nitrogens is 2. The molecule has 2 aromatic rings. The van der Waals surface area contributed by atoms with Crippen molar-refractivity contribution in [1.29, 1.82) is 0 Å². The van der Waals surface area contributed by atoms with Gasteiger partial charge in [-0.25, -0.2) is 18.4 Å². The molecule has 11 nitrogen and oxygen atoms in total. The Labute approximate surface area is 240 Å². The Kier molecular flexibility index (Phi) is 8.16. The molecule has 0 amide bonds. The lowest BCUT2D eigenvalue weighted by atomic mass is 9.91. The highest BCUT2D eigenvalue weighted by molar-refractivity contribution is 7.91. The van der Waals surface area contributed by atoms with Gasteiger partial charge in [-0.2, -0.15) is 30.6 Å². The normalized spacial score (nSPS) is 26.9. The molecule has 42 heavy (non-hydrogen) atoms. The highest BCUT2D eigenvalue weighted by atomic mass is 32.2. The highest BCUT2D eigenvalue weighted by Crippen LogP contribution is 2.49. The van der Waals surface area contributed by atoms with Gasteiger partial charge in [0, 0.05) is 56.2 Å². The van der Waals surface area contributed by atoms with E-state index in [1.165, 1.54) is 21.3 Å². The van der Waals surface area contributed by atoms with Gasteiger partial charge in [-0.1, -0.05) is 0 Å². The number of sulfonamides is 1. The molecule has 0 aromatic carbocycles. The summed E-state index contributed by atoms with van der Waals surface area (Å²) in [7, 11) is -3.97. The van der Waals surface area contributed by atoms with Crippen LogP contribution in [0, 0.1) is 0 Å². The number of aliphatic hydroxyl groups excluding tert-OH is 1. The third kappa shape index (κ3) is 5.55. The van der Waals surface area contributed by atoms with Crippen molar-refractivity contribution in [2.75, 3.05) is 50.0 Å². The number of rotatable bonds is 6. The number of nitrogen functional groups attached to an aromatic ring is 1. The molecule has 5 heterocycles. The van der Waals surface area contributed by atoms with Crippen molar-refractivity contribution >= 4 is 32.3 Å². The fourth-order valence-electron chi connectivity index (χ4n) is 5.71. The van der Waals surface area contributed by atoms with Gasteiger partial charge in [0.05, 0.1) is 30.4 Å². The van der Waals surface area contributed by atoms with Crippen LogP contribution in [-0.4, -0.2) is 114 Å². The lowest BCUT2D eigenvalue weighted by Gasteiger charge is -2.50. The van der Waals surface area contributed by atoms with E-state index in [4.69, 9.17) is 10.5 Å². The van der Waals surface area contributed by atoms with Crippen molar-refractivity contribution in [3.63, 3.8) is 0 Å². The molecule has 0 saturated carbocycles. The van der Waals surface area contributed by atoms with Crippen LogP contribution in [0.1, 0.15) is 18.4 Å². The van der Waals surface area contributed by atoms with Gasteiger partial charge in [-0.3, -0.25) is 4.90 Å². The Morgan fingerprint density at radius 2 is 1.62 bits per heavy atom. The van der Waals surface area contributed by atoms with Gasteiger partial charge in [0.2, 0.25) is 5.95 Å². The lowest BCUT2D eigenvalue weighted by Crippen LogP contribution is -2.64. The van der Waals surface area contributed by atoms with E-state index in [0.717, 1.165) is 11.3 Å². The maximum Gasteiger partial charge on any atom is 0.430 e. The van der Waals surface area contributed by atoms with Gasteiger partial charge < -0.3 is 25.6 Å². The predicted molar refractivity (Wildman–Crippen MR) is 137 cm³/mol. The van der Waals surface area contributed by atoms with Crippen LogP contribution in [-0.2, 0) is 20.4 Å². The Balaban J connectivity index is 1.46. The molecule has 3 atom stereocenters. The maximum absolute atomic E-state index is 13.4. The quantitative estimate of drug-likeness (QED) is 0.396. The van der Waals surface area contributed by atoms with Gasteiger partial charge in [0.25, 0.3) is 15.6 Å². The number of thiophene rings is 1. The highest BCUT2D eigenvalue weighted by Gasteiger charge is 2.71. The van der Waals surface area contributed by atoms with Crippen LogP contribution in [0.5, 0.6) is 0 Å². The van der Waals surface area contributed by atoms with Crippen LogP contribution >= 0.6 is 11.3 Å². The molecule has 0 radical (unpaired) electrons. The van der Waals surface area contributed by atoms with E-state index in [-0.39, 0.29) is 60.8 Å². The number of halogens is 6. The fraction of sp³-hybridized carbons (Fsp3) is 0.652. The first-order valence-corrected chi connectivity index (χ1v) is 15.1. The summed E-state index contributed by atoms with van der Waals surface area (Å²) in [5.41, 5.74) is -1.06. The van der Waals surface area contributed by atoms with Crippen molar-refractivity contribution in [1.82, 2.24) is 19.2 Å². The van der Waals surface area contributed by atoms with Crippen molar-refractivity contribution in [2.24, 2.45) is 0 Å². The molecule has 3 aliphatic heterocycles. The van der Waals surface area contributed by atoms with Crippen LogP contribution in [0.3, 0.4) is 0 Å². The molecule has 3 aliphatic rings. The van der Waals surface area contributed by atoms with Gasteiger partial charge in [-0.15, -0.1) is 11.3 Å². The summed E-state index contributed by atoms with van der Waals surface area (Å²) in [4.78, 5) is 11.1. The zero-order valence-corrected chi connectivity index (χ0v) is 23.4. The first kappa shape index (κ1) is 31.1. The maximum atomic E-state index is 13.4. The number of piperazine rings is 1. The molecule has 5 rings (SSSR count). The number of nitrogens with two attached hydrogens (primary N) is 1. The summed E-state index contributed by atoms with van der Waals surface area (Å²) in [5, 5.41) is 20.3. The number of anilines is 2. The third-order valence-electron chi connectivity index (χ3n) is 7.84. The largest absolute Gasteiger partial charge is 0.430 e. The summed E-state index contributed by atoms with van der Waals surface area (Å²) < 4.78 is 114. The molecule has 2 aromatic heterocycles. The molecular weight excluding hydrogens is 618 g/mol. The number of ether oxygens (including phenoxy) is 1. The van der Waals surface area contributed by atoms with Crippen LogP contribution in [0.15, 0.2) is 28.7 Å². The topological polar surface area (TPSA) is 145 Å². The molecule has 3 fully saturated rings. The second-order valence-electron chi connectivity index (χ2n) is 10.5. The predicted octanol–water partition coefficient (Wildman–Crippen LogP) is 1.54. The molecule has 2 bridgehead atoms. The number of morpholine rings is 1. The van der Waals surface area contributed by atoms with Crippen LogP contribution in [0.2, 0.25) is 0 Å². The minimum Gasteiger partial charge on any atom is -0.393 e. The standard InChI is InChI=1S/C23H28F6N6O5S2/c24-22(25,26)21(37,23(27,28)29)13-7-31-20(32-8-13)34-4-3-33(42(38,39)19-2-1-18(30)41-19)9-16(34)10-35-14-5-17(36)6-15(35)12-40-11-14/h1-2,7-8,14-17,36-37H,3-6,9-12,30H2. The van der Waals surface area contributed by atoms with Gasteiger partial charge in [-0.05, 0) is 25.0 Å². The van der Waals surface area contributed by atoms with Crippen molar-refractivity contribution in [3.05, 3.63) is 30.1 Å². The number of hydrogen-bond acceptors (Lipinski definition) is 11. The number of aliphatic hydroxyl groups is 2. The number of piperidine rings is 1. The summed E-state index contributed by atoms with van der Waals surface area (Å²) in [6.45, 7) is 0.676. The molecule has 0 aliphatic carbocycles. The van der Waals surface area contributed by atoms with Crippen LogP contribution in [0.4, 0.5) is 37.3 Å². The SMILES string of the molecule is Nc1ccc(S(=O)(=O)N2CCN(c3ncc(C(O)(C(F)(F)F)C(F)(F)F)cn3)C(CN3C4COCC3CC(O)C4)C2)s1. The van der Waals surface area contributed by atoms with Crippen molar-refractivity contribution in [3.8, 4) is 0 Å². The lowest BCUT2D eigenvalue weighted by molar-refractivity contribution is -0.376. The Morgan fingerprint density at radius 3 is 2.14 bits per heavy atom. The number of alkyl halides is 6. The molecule has 3 unspecified atom stereocenters. The summed E-state index contributed by atoms with van der Waals surface area (Å²) in [6.07, 6.45) is -11.3. The third-order valence-corrected chi connectivity index (χ3v) is 11.1. The first-order valence-electron chi connectivity index (χ1n) is 12.8. The average molecular weight is 647 g/mol. The van der Waals surface area contributed by atoms with E-state index in [1.54, 1.807) is 0 Å². The number of hydrogen-bond donors (Lipinski definition) is 3. The van der Waals surface area contributed by atoms with Crippen molar-refractivity contribution in [2.45, 2.75) is 59.2 Å². The number of fused-ring (bicyclic) bond motifs is 2.